The fourth-order valence-electron chi connectivity index (χ4n) is 2.33. The molecule has 0 radical (unpaired) electrons. The number of nitrogens with zero attached hydrogens (tertiary/aromatic N) is 1. The van der Waals surface area contributed by atoms with Crippen molar-refractivity contribution >= 4 is 67.2 Å². The number of thioether (sulfide) groups is 1. The Morgan fingerprint density at radius 1 is 1.29 bits per heavy atom. The molecule has 0 unspecified atom stereocenters. The van der Waals surface area contributed by atoms with Gasteiger partial charge in [-0.1, -0.05) is 12.1 Å². The summed E-state index contributed by atoms with van der Waals surface area (Å²) < 4.78 is 28.2. The van der Waals surface area contributed by atoms with Gasteiger partial charge in [-0.3, -0.25) is 20.3 Å². The molecule has 0 atom stereocenters. The number of guanidine groups is 1. The molecule has 13 nitrogen and oxygen atoms in total. The lowest BCUT2D eigenvalue weighted by molar-refractivity contribution is 0.0663. The van der Waals surface area contributed by atoms with E-state index >= 15 is 0 Å². The number of carbonyl (C=O) groups is 1. The Morgan fingerprint density at radius 2 is 2.00 bits per heavy atom. The molecule has 0 spiro atoms. The third-order valence-corrected chi connectivity index (χ3v) is 5.98. The van der Waals surface area contributed by atoms with Gasteiger partial charge in [0.15, 0.2) is 16.5 Å². The molecule has 0 aliphatic rings. The molecule has 0 aliphatic carbocycles. The Balaban J connectivity index is 0.000000254. The van der Waals surface area contributed by atoms with Crippen LogP contribution in [0.4, 0.5) is 5.13 Å². The van der Waals surface area contributed by atoms with E-state index in [1.54, 1.807) is 24.3 Å². The number of anilines is 1. The zero-order valence-corrected chi connectivity index (χ0v) is 19.9. The van der Waals surface area contributed by atoms with Crippen molar-refractivity contribution in [1.29, 1.82) is 10.8 Å². The molecular formula is C18H21N7O6S3. The molecule has 0 saturated carbocycles. The third-order valence-electron chi connectivity index (χ3n) is 3.65. The lowest BCUT2D eigenvalue weighted by Crippen LogP contribution is -2.35. The number of amidine groups is 1. The molecule has 0 amide bonds. The van der Waals surface area contributed by atoms with Crippen LogP contribution in [0.5, 0.6) is 0 Å². The molecule has 0 aliphatic heterocycles. The highest BCUT2D eigenvalue weighted by Gasteiger charge is 2.09. The molecule has 34 heavy (non-hydrogen) atoms. The Labute approximate surface area is 201 Å². The number of thiazole rings is 1. The van der Waals surface area contributed by atoms with Crippen LogP contribution in [0.2, 0.25) is 0 Å². The van der Waals surface area contributed by atoms with Crippen LogP contribution in [0.1, 0.15) is 22.7 Å². The Kier molecular flexibility index (Phi) is 9.55. The summed E-state index contributed by atoms with van der Waals surface area (Å²) >= 11 is 2.85. The first-order valence-electron chi connectivity index (χ1n) is 9.22. The van der Waals surface area contributed by atoms with Crippen LogP contribution in [0, 0.1) is 10.8 Å². The predicted molar refractivity (Wildman–Crippen MR) is 132 cm³/mol. The van der Waals surface area contributed by atoms with Crippen LogP contribution in [0.25, 0.3) is 11.0 Å². The van der Waals surface area contributed by atoms with Gasteiger partial charge < -0.3 is 20.6 Å². The van der Waals surface area contributed by atoms with Crippen LogP contribution in [-0.2, 0) is 16.0 Å². The second-order valence-corrected chi connectivity index (χ2v) is 9.64. The molecule has 1 aromatic carbocycles. The number of aromatic nitrogens is 1. The van der Waals surface area contributed by atoms with E-state index in [1.807, 2.05) is 10.1 Å². The van der Waals surface area contributed by atoms with Crippen molar-refractivity contribution < 1.29 is 22.7 Å². The summed E-state index contributed by atoms with van der Waals surface area (Å²) in [5.74, 6) is -0.701. The van der Waals surface area contributed by atoms with Crippen molar-refractivity contribution in [3.05, 3.63) is 57.4 Å². The molecule has 0 saturated heterocycles. The number of fused-ring (bicyclic) bond motifs is 1. The van der Waals surface area contributed by atoms with Gasteiger partial charge in [-0.2, -0.15) is 20.2 Å². The van der Waals surface area contributed by atoms with Crippen LogP contribution in [0.3, 0.4) is 0 Å². The highest BCUT2D eigenvalue weighted by molar-refractivity contribution is 7.98. The lowest BCUT2D eigenvalue weighted by Gasteiger charge is -2.04. The molecule has 3 rings (SSSR count). The van der Waals surface area contributed by atoms with Crippen molar-refractivity contribution in [2.24, 2.45) is 10.9 Å². The molecule has 16 heteroatoms. The smallest absolute Gasteiger partial charge is 0.371 e. The normalized spacial score (nSPS) is 10.7. The van der Waals surface area contributed by atoms with Gasteiger partial charge in [0.05, 0.1) is 11.1 Å². The SMILES string of the molecule is N=C(N)Nc1nc(CSCCC(=N)NS(N)(=O)=O)cs1.O=C(O)c1cc(=O)c2ccccc2o1. The highest BCUT2D eigenvalue weighted by Crippen LogP contribution is 2.19. The first kappa shape index (κ1) is 26.8. The summed E-state index contributed by atoms with van der Waals surface area (Å²) in [6.45, 7) is 0. The summed E-state index contributed by atoms with van der Waals surface area (Å²) in [6.07, 6.45) is 0.268. The predicted octanol–water partition coefficient (Wildman–Crippen LogP) is 1.33. The average molecular weight is 528 g/mol. The summed E-state index contributed by atoms with van der Waals surface area (Å²) in [5.41, 5.74) is 5.96. The molecular weight excluding hydrogens is 506 g/mol. The monoisotopic (exact) mass is 527 g/mol. The van der Waals surface area contributed by atoms with Crippen LogP contribution in [0.15, 0.2) is 44.9 Å². The molecule has 9 N–H and O–H groups in total. The van der Waals surface area contributed by atoms with Crippen LogP contribution >= 0.6 is 23.1 Å². The number of para-hydroxylation sites is 1. The van der Waals surface area contributed by atoms with Gasteiger partial charge in [-0.25, -0.2) is 14.9 Å². The van der Waals surface area contributed by atoms with Gasteiger partial charge in [0.25, 0.3) is 10.2 Å². The standard InChI is InChI=1S/C10H6O4.C8H15N7O2S3/c11-7-5-9(10(12)13)14-8-4-2-1-3-6(7)8;9-6(15-20(12,16)17)1-2-18-3-5-4-19-8(13-5)14-7(10)11/h1-5H,(H,12,13);4H,1-3H2,(H2,9,15)(H2,12,16,17)(H4,10,11,13,14). The van der Waals surface area contributed by atoms with Crippen molar-refractivity contribution in [1.82, 2.24) is 9.71 Å². The number of nitrogens with one attached hydrogen (secondary N) is 4. The quantitative estimate of drug-likeness (QED) is 0.126. The number of nitrogens with two attached hydrogens (primary N) is 2. The maximum atomic E-state index is 11.4. The average Bonchev–Trinajstić information content (AvgIpc) is 3.17. The third kappa shape index (κ3) is 9.18. The van der Waals surface area contributed by atoms with E-state index in [9.17, 15) is 18.0 Å². The lowest BCUT2D eigenvalue weighted by atomic mass is 10.2. The fraction of sp³-hybridized carbons (Fsp3) is 0.167. The van der Waals surface area contributed by atoms with Crippen LogP contribution < -0.4 is 26.3 Å². The van der Waals surface area contributed by atoms with E-state index in [2.05, 4.69) is 10.3 Å². The molecule has 2 aromatic heterocycles. The topological polar surface area (TPSA) is 238 Å². The minimum Gasteiger partial charge on any atom is -0.475 e. The Hall–Kier alpha value is -3.47. The molecule has 3 aromatic rings. The zero-order valence-electron chi connectivity index (χ0n) is 17.4. The summed E-state index contributed by atoms with van der Waals surface area (Å²) in [4.78, 5) is 26.2. The van der Waals surface area contributed by atoms with E-state index in [0.717, 1.165) is 11.8 Å². The molecule has 0 bridgehead atoms. The maximum absolute atomic E-state index is 11.4. The van der Waals surface area contributed by atoms with Crippen LogP contribution in [-0.4, -0.2) is 42.0 Å². The second-order valence-electron chi connectivity index (χ2n) is 6.39. The van der Waals surface area contributed by atoms with Gasteiger partial charge in [0, 0.05) is 29.4 Å². The molecule has 2 heterocycles. The number of rotatable bonds is 8. The Bertz CT molecular complexity index is 1350. The number of carboxylic acid groups (broad SMARTS) is 1. The number of benzene rings is 1. The summed E-state index contributed by atoms with van der Waals surface area (Å²) in [5, 5.41) is 33.2. The van der Waals surface area contributed by atoms with E-state index in [0.29, 0.717) is 22.0 Å². The Morgan fingerprint density at radius 3 is 2.65 bits per heavy atom. The van der Waals surface area contributed by atoms with Crippen molar-refractivity contribution in [3.8, 4) is 0 Å². The zero-order chi connectivity index (χ0) is 25.3. The van der Waals surface area contributed by atoms with Crippen molar-refractivity contribution in [2.45, 2.75) is 12.2 Å². The van der Waals surface area contributed by atoms with Crippen molar-refractivity contribution in [3.63, 3.8) is 0 Å². The molecule has 182 valence electrons. The molecule has 0 fully saturated rings. The number of carboxylic acids is 1. The summed E-state index contributed by atoms with van der Waals surface area (Å²) in [7, 11) is -3.86. The van der Waals surface area contributed by atoms with E-state index in [-0.39, 0.29) is 35.0 Å². The van der Waals surface area contributed by atoms with Gasteiger partial charge in [0.1, 0.15) is 11.4 Å². The first-order valence-corrected chi connectivity index (χ1v) is 12.8. The largest absolute Gasteiger partial charge is 0.475 e. The van der Waals surface area contributed by atoms with E-state index in [4.69, 9.17) is 31.2 Å². The highest BCUT2D eigenvalue weighted by atomic mass is 32.2. The van der Waals surface area contributed by atoms with E-state index < -0.39 is 16.2 Å². The van der Waals surface area contributed by atoms with Gasteiger partial charge >= 0.3 is 5.97 Å². The van der Waals surface area contributed by atoms with Gasteiger partial charge in [0.2, 0.25) is 5.76 Å². The minimum atomic E-state index is -3.86. The summed E-state index contributed by atoms with van der Waals surface area (Å²) in [6, 6.07) is 7.50. The van der Waals surface area contributed by atoms with Gasteiger partial charge in [-0.05, 0) is 12.1 Å². The number of aromatic carboxylic acids is 1. The number of hydrogen-bond donors (Lipinski definition) is 7. The second kappa shape index (κ2) is 12.1. The van der Waals surface area contributed by atoms with Gasteiger partial charge in [-0.15, -0.1) is 11.3 Å². The minimum absolute atomic E-state index is 0.141. The maximum Gasteiger partial charge on any atom is 0.371 e. The van der Waals surface area contributed by atoms with E-state index in [1.165, 1.54) is 23.1 Å². The first-order chi connectivity index (χ1) is 15.9. The van der Waals surface area contributed by atoms with Crippen molar-refractivity contribution in [2.75, 3.05) is 11.1 Å². The number of hydrogen-bond acceptors (Lipinski definition) is 10. The fourth-order valence-corrected chi connectivity index (χ4v) is 4.45.